The third kappa shape index (κ3) is 4.27. The number of nitrogens with zero attached hydrogens (tertiary/aromatic N) is 1. The Morgan fingerprint density at radius 1 is 1.24 bits per heavy atom. The summed E-state index contributed by atoms with van der Waals surface area (Å²) in [4.78, 5) is 16.2. The summed E-state index contributed by atoms with van der Waals surface area (Å²) in [5, 5.41) is 13.3. The van der Waals surface area contributed by atoms with Crippen molar-refractivity contribution in [3.63, 3.8) is 0 Å². The minimum atomic E-state index is -0.0133. The Labute approximate surface area is 151 Å². The van der Waals surface area contributed by atoms with Crippen LogP contribution in [-0.4, -0.2) is 49.3 Å². The number of carbonyl (C=O) groups is 1. The van der Waals surface area contributed by atoms with Crippen molar-refractivity contribution in [3.05, 3.63) is 24.3 Å². The number of nitrogens with one attached hydrogen (secondary N) is 2. The predicted octanol–water partition coefficient (Wildman–Crippen LogP) is 1.18. The number of para-hydroxylation sites is 2. The number of aromatic hydroxyl groups is 1. The first-order chi connectivity index (χ1) is 12.1. The monoisotopic (exact) mass is 346 g/mol. The Balaban J connectivity index is 1.51. The van der Waals surface area contributed by atoms with Crippen LogP contribution in [0.25, 0.3) is 0 Å². The van der Waals surface area contributed by atoms with Gasteiger partial charge in [0.2, 0.25) is 0 Å². The van der Waals surface area contributed by atoms with Crippen molar-refractivity contribution in [2.24, 2.45) is 5.92 Å². The van der Waals surface area contributed by atoms with Gasteiger partial charge in [-0.15, -0.1) is 0 Å². The molecule has 3 atom stereocenters. The van der Waals surface area contributed by atoms with Gasteiger partial charge in [-0.05, 0) is 37.8 Å². The van der Waals surface area contributed by atoms with Gasteiger partial charge in [-0.1, -0.05) is 31.9 Å². The first kappa shape index (κ1) is 18.1. The largest absolute Gasteiger partial charge is 0.506 e. The molecule has 5 heteroatoms. The summed E-state index contributed by atoms with van der Waals surface area (Å²) < 4.78 is 0. The van der Waals surface area contributed by atoms with Gasteiger partial charge in [-0.2, -0.15) is 0 Å². The Morgan fingerprint density at radius 3 is 2.60 bits per heavy atom. The second kappa shape index (κ2) is 8.09. The Bertz CT molecular complexity index is 584. The lowest BCUT2D eigenvalue weighted by molar-refractivity contribution is -0.914. The molecule has 3 N–H and O–H groups in total. The molecule has 3 rings (SSSR count). The predicted molar refractivity (Wildman–Crippen MR) is 100 cm³/mol. The minimum absolute atomic E-state index is 0.0133. The average molecular weight is 346 g/mol. The fourth-order valence-electron chi connectivity index (χ4n) is 4.22. The van der Waals surface area contributed by atoms with Gasteiger partial charge in [0.25, 0.3) is 5.91 Å². The van der Waals surface area contributed by atoms with E-state index in [1.54, 1.807) is 6.07 Å². The molecule has 1 aromatic rings. The third-order valence-electron chi connectivity index (χ3n) is 6.07. The van der Waals surface area contributed by atoms with Crippen LogP contribution >= 0.6 is 0 Å². The van der Waals surface area contributed by atoms with Gasteiger partial charge in [-0.25, -0.2) is 0 Å². The molecule has 0 unspecified atom stereocenters. The Kier molecular flexibility index (Phi) is 5.84. The fourth-order valence-corrected chi connectivity index (χ4v) is 4.22. The van der Waals surface area contributed by atoms with E-state index in [-0.39, 0.29) is 11.9 Å². The quantitative estimate of drug-likeness (QED) is 0.767. The van der Waals surface area contributed by atoms with E-state index in [2.05, 4.69) is 17.1 Å². The molecule has 1 saturated heterocycles. The zero-order valence-electron chi connectivity index (χ0n) is 15.5. The maximum Gasteiger partial charge on any atom is 0.278 e. The number of hydrogen-bond acceptors (Lipinski definition) is 3. The van der Waals surface area contributed by atoms with E-state index in [0.717, 1.165) is 38.3 Å². The van der Waals surface area contributed by atoms with Crippen LogP contribution in [0.15, 0.2) is 24.3 Å². The Hall–Kier alpha value is -1.75. The van der Waals surface area contributed by atoms with Gasteiger partial charge < -0.3 is 20.2 Å². The van der Waals surface area contributed by atoms with Crippen molar-refractivity contribution in [2.75, 3.05) is 31.1 Å². The Morgan fingerprint density at radius 2 is 1.92 bits per heavy atom. The SMILES string of the molecule is C[C@H](C(=O)N[C@@H]1CCCC[C@@H]1C)[NH+]1CCN(c2ccccc2O)CC1. The number of phenolic OH excluding ortho intramolecular Hbond substituents is 1. The molecule has 138 valence electrons. The van der Waals surface area contributed by atoms with Crippen LogP contribution in [0.3, 0.4) is 0 Å². The number of hydrogen-bond donors (Lipinski definition) is 3. The lowest BCUT2D eigenvalue weighted by Gasteiger charge is -2.37. The molecule has 1 heterocycles. The van der Waals surface area contributed by atoms with Crippen molar-refractivity contribution < 1.29 is 14.8 Å². The number of piperazine rings is 1. The summed E-state index contributed by atoms with van der Waals surface area (Å²) in [6.07, 6.45) is 4.87. The van der Waals surface area contributed by atoms with Crippen LogP contribution in [0.1, 0.15) is 39.5 Å². The van der Waals surface area contributed by atoms with E-state index in [0.29, 0.717) is 17.7 Å². The molecule has 0 aromatic heterocycles. The molecular weight excluding hydrogens is 314 g/mol. The molecule has 1 amide bonds. The first-order valence-corrected chi connectivity index (χ1v) is 9.74. The molecule has 25 heavy (non-hydrogen) atoms. The van der Waals surface area contributed by atoms with Gasteiger partial charge in [0.05, 0.1) is 31.9 Å². The summed E-state index contributed by atoms with van der Waals surface area (Å²) >= 11 is 0. The van der Waals surface area contributed by atoms with Crippen molar-refractivity contribution in [1.82, 2.24) is 5.32 Å². The molecule has 0 radical (unpaired) electrons. The minimum Gasteiger partial charge on any atom is -0.506 e. The van der Waals surface area contributed by atoms with Crippen molar-refractivity contribution in [1.29, 1.82) is 0 Å². The molecule has 1 aliphatic carbocycles. The number of rotatable bonds is 4. The first-order valence-electron chi connectivity index (χ1n) is 9.74. The van der Waals surface area contributed by atoms with E-state index in [4.69, 9.17) is 0 Å². The fraction of sp³-hybridized carbons (Fsp3) is 0.650. The lowest BCUT2D eigenvalue weighted by atomic mass is 9.86. The van der Waals surface area contributed by atoms with Gasteiger partial charge in [0.15, 0.2) is 6.04 Å². The molecule has 1 saturated carbocycles. The topological polar surface area (TPSA) is 57.0 Å². The second-order valence-corrected chi connectivity index (χ2v) is 7.73. The van der Waals surface area contributed by atoms with Gasteiger partial charge in [-0.3, -0.25) is 4.79 Å². The van der Waals surface area contributed by atoms with E-state index in [9.17, 15) is 9.90 Å². The van der Waals surface area contributed by atoms with Gasteiger partial charge >= 0.3 is 0 Å². The van der Waals surface area contributed by atoms with Crippen LogP contribution in [0, 0.1) is 5.92 Å². The zero-order valence-corrected chi connectivity index (χ0v) is 15.5. The zero-order chi connectivity index (χ0) is 17.8. The highest BCUT2D eigenvalue weighted by atomic mass is 16.3. The smallest absolute Gasteiger partial charge is 0.278 e. The van der Waals surface area contributed by atoms with Crippen molar-refractivity contribution in [2.45, 2.75) is 51.6 Å². The van der Waals surface area contributed by atoms with Crippen LogP contribution in [0.5, 0.6) is 5.75 Å². The maximum absolute atomic E-state index is 12.7. The number of phenols is 1. The van der Waals surface area contributed by atoms with E-state index in [1.165, 1.54) is 24.2 Å². The lowest BCUT2D eigenvalue weighted by Crippen LogP contribution is -3.19. The highest BCUT2D eigenvalue weighted by molar-refractivity contribution is 5.80. The summed E-state index contributed by atoms with van der Waals surface area (Å²) in [6.45, 7) is 7.88. The normalized spacial score (nSPS) is 26.2. The number of benzene rings is 1. The maximum atomic E-state index is 12.7. The molecule has 0 bridgehead atoms. The average Bonchev–Trinajstić information content (AvgIpc) is 2.63. The standard InChI is InChI=1S/C20H31N3O2/c1-15-7-3-4-8-17(15)21-20(25)16(2)22-11-13-23(14-12-22)18-9-5-6-10-19(18)24/h5-6,9-10,15-17,24H,3-4,7-8,11-14H2,1-2H3,(H,21,25)/p+1/t15-,16+,17+/m0/s1. The highest BCUT2D eigenvalue weighted by Gasteiger charge is 2.32. The molecule has 2 aliphatic rings. The van der Waals surface area contributed by atoms with E-state index < -0.39 is 0 Å². The molecule has 1 aromatic carbocycles. The van der Waals surface area contributed by atoms with Crippen LogP contribution in [-0.2, 0) is 4.79 Å². The molecule has 1 aliphatic heterocycles. The third-order valence-corrected chi connectivity index (χ3v) is 6.07. The van der Waals surface area contributed by atoms with Crippen molar-refractivity contribution >= 4 is 11.6 Å². The summed E-state index contributed by atoms with van der Waals surface area (Å²) in [5.41, 5.74) is 0.898. The van der Waals surface area contributed by atoms with Gasteiger partial charge in [0, 0.05) is 6.04 Å². The van der Waals surface area contributed by atoms with E-state index in [1.807, 2.05) is 25.1 Å². The van der Waals surface area contributed by atoms with Crippen LogP contribution in [0.4, 0.5) is 5.69 Å². The molecular formula is C20H32N3O2+. The van der Waals surface area contributed by atoms with Crippen LogP contribution < -0.4 is 15.1 Å². The summed E-state index contributed by atoms with van der Waals surface area (Å²) in [6, 6.07) is 7.83. The summed E-state index contributed by atoms with van der Waals surface area (Å²) in [5.74, 6) is 1.13. The number of quaternary nitrogens is 1. The van der Waals surface area contributed by atoms with E-state index >= 15 is 0 Å². The molecule has 0 spiro atoms. The second-order valence-electron chi connectivity index (χ2n) is 7.73. The highest BCUT2D eigenvalue weighted by Crippen LogP contribution is 2.26. The summed E-state index contributed by atoms with van der Waals surface area (Å²) in [7, 11) is 0. The number of amides is 1. The molecule has 2 fully saturated rings. The number of carbonyl (C=O) groups excluding carboxylic acids is 1. The number of anilines is 1. The van der Waals surface area contributed by atoms with Crippen molar-refractivity contribution in [3.8, 4) is 5.75 Å². The van der Waals surface area contributed by atoms with Gasteiger partial charge in [0.1, 0.15) is 5.75 Å². The molecule has 5 nitrogen and oxygen atoms in total. The van der Waals surface area contributed by atoms with Crippen LogP contribution in [0.2, 0.25) is 0 Å².